The fourth-order valence-corrected chi connectivity index (χ4v) is 7.92. The highest BCUT2D eigenvalue weighted by Crippen LogP contribution is 2.52. The Morgan fingerprint density at radius 2 is 1.85 bits per heavy atom. The van der Waals surface area contributed by atoms with Crippen molar-refractivity contribution >= 4 is 49.5 Å². The third-order valence-electron chi connectivity index (χ3n) is 9.89. The number of hydrogen-bond donors (Lipinski definition) is 3. The Morgan fingerprint density at radius 3 is 2.56 bits per heavy atom. The summed E-state index contributed by atoms with van der Waals surface area (Å²) in [6.07, 6.45) is 8.14. The number of carbonyl (C=O) groups is 1. The fraction of sp³-hybridized carbons (Fsp3) is 0.308. The first kappa shape index (κ1) is 36.6. The van der Waals surface area contributed by atoms with Gasteiger partial charge in [0.25, 0.3) is 5.91 Å². The molecule has 6 aromatic rings. The number of azo groups is 1. The summed E-state index contributed by atoms with van der Waals surface area (Å²) >= 11 is 0. The van der Waals surface area contributed by atoms with Crippen molar-refractivity contribution in [1.29, 1.82) is 4.78 Å². The Kier molecular flexibility index (Phi) is 10.1. The lowest BCUT2D eigenvalue weighted by Gasteiger charge is -2.35. The van der Waals surface area contributed by atoms with Crippen molar-refractivity contribution in [2.75, 3.05) is 36.2 Å². The molecule has 2 aromatic carbocycles. The minimum absolute atomic E-state index is 0.182. The van der Waals surface area contributed by atoms with E-state index in [9.17, 15) is 9.00 Å². The van der Waals surface area contributed by atoms with Crippen LogP contribution in [0.3, 0.4) is 0 Å². The molecule has 54 heavy (non-hydrogen) atoms. The van der Waals surface area contributed by atoms with E-state index < -0.39 is 14.5 Å². The number of aryl methyl sites for hydroxylation is 3. The first-order valence-electron chi connectivity index (χ1n) is 17.7. The van der Waals surface area contributed by atoms with Gasteiger partial charge in [0.2, 0.25) is 0 Å². The molecule has 278 valence electrons. The standard InChI is InChI=1S/C20H24N6O2S.C19H19N5O/c1-13-12-28-10-9-26(13)17-11-16(20(5-6-20)29(2,21)27)24-19(25-17)15-4-8-23-18-14(15)3-7-22-18;1-13-6-4-5-7-17(13)23-22-15-8-9-16(14(2)12-15)21-19(25)18-10-11-20-24(18)3/h3-4,7-8,11,13,21H,5-6,9-10,12H2,1-2H3,(H,22,23);4-12H,1-3H3,(H,21,25). The molecular formula is C39H43N11O3S. The van der Waals surface area contributed by atoms with Gasteiger partial charge in [0, 0.05) is 61.1 Å². The van der Waals surface area contributed by atoms with Gasteiger partial charge in [-0.3, -0.25) is 14.3 Å². The molecule has 4 aromatic heterocycles. The van der Waals surface area contributed by atoms with Crippen LogP contribution in [0, 0.1) is 18.6 Å². The van der Waals surface area contributed by atoms with E-state index in [0.717, 1.165) is 70.0 Å². The van der Waals surface area contributed by atoms with E-state index in [4.69, 9.17) is 19.5 Å². The van der Waals surface area contributed by atoms with Crippen molar-refractivity contribution in [3.8, 4) is 11.4 Å². The molecule has 15 heteroatoms. The molecule has 5 heterocycles. The molecular weight excluding hydrogens is 703 g/mol. The molecule has 1 amide bonds. The highest BCUT2D eigenvalue weighted by Gasteiger charge is 2.53. The highest BCUT2D eigenvalue weighted by molar-refractivity contribution is 7.93. The Labute approximate surface area is 314 Å². The number of morpholine rings is 1. The van der Waals surface area contributed by atoms with Crippen LogP contribution in [0.15, 0.2) is 95.5 Å². The van der Waals surface area contributed by atoms with Crippen LogP contribution in [0.5, 0.6) is 0 Å². The normalized spacial score (nSPS) is 17.5. The van der Waals surface area contributed by atoms with Gasteiger partial charge in [0.05, 0.1) is 50.8 Å². The van der Waals surface area contributed by atoms with Crippen molar-refractivity contribution in [3.63, 3.8) is 0 Å². The average Bonchev–Trinajstić information content (AvgIpc) is 3.66. The minimum atomic E-state index is -2.79. The van der Waals surface area contributed by atoms with Crippen molar-refractivity contribution in [1.82, 2.24) is 29.7 Å². The predicted molar refractivity (Wildman–Crippen MR) is 210 cm³/mol. The van der Waals surface area contributed by atoms with Gasteiger partial charge in [-0.2, -0.15) is 15.3 Å². The number of aromatic nitrogens is 6. The van der Waals surface area contributed by atoms with Crippen molar-refractivity contribution < 1.29 is 13.7 Å². The largest absolute Gasteiger partial charge is 0.377 e. The quantitative estimate of drug-likeness (QED) is 0.133. The second-order valence-electron chi connectivity index (χ2n) is 13.8. The van der Waals surface area contributed by atoms with Crippen LogP contribution in [0.1, 0.15) is 47.1 Å². The zero-order valence-corrected chi connectivity index (χ0v) is 31.7. The van der Waals surface area contributed by atoms with Crippen LogP contribution < -0.4 is 10.2 Å². The average molecular weight is 746 g/mol. The molecule has 8 rings (SSSR count). The van der Waals surface area contributed by atoms with Gasteiger partial charge in [-0.25, -0.2) is 19.2 Å². The van der Waals surface area contributed by atoms with Crippen molar-refractivity contribution in [3.05, 3.63) is 108 Å². The molecule has 1 saturated carbocycles. The van der Waals surface area contributed by atoms with E-state index >= 15 is 0 Å². The van der Waals surface area contributed by atoms with Gasteiger partial charge in [-0.1, -0.05) is 18.2 Å². The van der Waals surface area contributed by atoms with Gasteiger partial charge in [0.1, 0.15) is 17.2 Å². The lowest BCUT2D eigenvalue weighted by atomic mass is 10.1. The van der Waals surface area contributed by atoms with E-state index in [2.05, 4.69) is 42.4 Å². The number of ether oxygens (including phenoxy) is 1. The number of H-pyrrole nitrogens is 1. The zero-order chi connectivity index (χ0) is 38.0. The monoisotopic (exact) mass is 745 g/mol. The van der Waals surface area contributed by atoms with Gasteiger partial charge in [-0.15, -0.1) is 0 Å². The first-order chi connectivity index (χ1) is 25.9. The SMILES string of the molecule is CC1COCCN1c1cc(C2(S(C)(=N)=O)CC2)nc(-c2ccnc3[nH]ccc23)n1.Cc1ccccc1N=Nc1ccc(NC(=O)c2ccnn2C)c(C)c1. The molecule has 0 spiro atoms. The fourth-order valence-electron chi connectivity index (χ4n) is 6.54. The van der Waals surface area contributed by atoms with Crippen LogP contribution in [0.2, 0.25) is 0 Å². The van der Waals surface area contributed by atoms with E-state index in [-0.39, 0.29) is 11.9 Å². The maximum absolute atomic E-state index is 12.8. The Hall–Kier alpha value is -5.80. The second-order valence-corrected chi connectivity index (χ2v) is 16.2. The maximum atomic E-state index is 12.8. The van der Waals surface area contributed by atoms with Crippen LogP contribution in [0.4, 0.5) is 22.9 Å². The number of anilines is 2. The molecule has 1 aliphatic heterocycles. The lowest BCUT2D eigenvalue weighted by molar-refractivity contribution is 0.0985. The van der Waals surface area contributed by atoms with Gasteiger partial charge >= 0.3 is 0 Å². The van der Waals surface area contributed by atoms with E-state index in [1.54, 1.807) is 25.5 Å². The number of aromatic amines is 1. The molecule has 0 radical (unpaired) electrons. The van der Waals surface area contributed by atoms with Gasteiger partial charge in [-0.05, 0) is 87.2 Å². The molecule has 2 atom stereocenters. The predicted octanol–water partition coefficient (Wildman–Crippen LogP) is 7.62. The smallest absolute Gasteiger partial charge is 0.273 e. The minimum Gasteiger partial charge on any atom is -0.377 e. The number of rotatable bonds is 8. The molecule has 1 saturated heterocycles. The number of carbonyl (C=O) groups excluding carboxylic acids is 1. The number of hydrogen-bond acceptors (Lipinski definition) is 11. The Morgan fingerprint density at radius 1 is 1.04 bits per heavy atom. The topological polar surface area (TPSA) is 179 Å². The van der Waals surface area contributed by atoms with Crippen LogP contribution >= 0.6 is 0 Å². The number of nitrogens with one attached hydrogen (secondary N) is 3. The summed E-state index contributed by atoms with van der Waals surface area (Å²) in [7, 11) is -1.05. The summed E-state index contributed by atoms with van der Waals surface area (Å²) in [6.45, 7) is 8.05. The van der Waals surface area contributed by atoms with Crippen LogP contribution in [-0.4, -0.2) is 71.9 Å². The summed E-state index contributed by atoms with van der Waals surface area (Å²) in [5.41, 5.74) is 7.16. The van der Waals surface area contributed by atoms with E-state index in [0.29, 0.717) is 30.4 Å². The second kappa shape index (κ2) is 14.9. The van der Waals surface area contributed by atoms with E-state index in [1.807, 2.05) is 80.7 Å². The summed E-state index contributed by atoms with van der Waals surface area (Å²) < 4.78 is 27.5. The number of nitrogens with zero attached hydrogens (tertiary/aromatic N) is 8. The molecule has 2 fully saturated rings. The van der Waals surface area contributed by atoms with Crippen molar-refractivity contribution in [2.45, 2.75) is 44.4 Å². The molecule has 2 aliphatic rings. The molecule has 0 bridgehead atoms. The zero-order valence-electron chi connectivity index (χ0n) is 30.9. The summed E-state index contributed by atoms with van der Waals surface area (Å²) in [6, 6.07) is 21.0. The first-order valence-corrected chi connectivity index (χ1v) is 19.7. The Balaban J connectivity index is 0.000000169. The van der Waals surface area contributed by atoms with Crippen molar-refractivity contribution in [2.24, 2.45) is 17.3 Å². The number of benzene rings is 2. The Bertz CT molecular complexity index is 2470. The summed E-state index contributed by atoms with van der Waals surface area (Å²) in [5, 5.41) is 16.4. The van der Waals surface area contributed by atoms with Gasteiger partial charge in [0.15, 0.2) is 5.82 Å². The molecule has 14 nitrogen and oxygen atoms in total. The van der Waals surface area contributed by atoms with E-state index in [1.165, 1.54) is 10.9 Å². The number of pyridine rings is 1. The number of amides is 1. The maximum Gasteiger partial charge on any atom is 0.273 e. The van der Waals surface area contributed by atoms with Gasteiger partial charge < -0.3 is 19.9 Å². The lowest BCUT2D eigenvalue weighted by Crippen LogP contribution is -2.44. The highest BCUT2D eigenvalue weighted by atomic mass is 32.2. The molecule has 3 N–H and O–H groups in total. The summed E-state index contributed by atoms with van der Waals surface area (Å²) in [5.74, 6) is 1.19. The van der Waals surface area contributed by atoms with Crippen LogP contribution in [-0.2, 0) is 26.3 Å². The third-order valence-corrected chi connectivity index (χ3v) is 12.0. The number of fused-ring (bicyclic) bond motifs is 1. The molecule has 1 aliphatic carbocycles. The third kappa shape index (κ3) is 7.50. The van der Waals surface area contributed by atoms with Crippen LogP contribution in [0.25, 0.3) is 22.4 Å². The molecule has 2 unspecified atom stereocenters. The summed E-state index contributed by atoms with van der Waals surface area (Å²) in [4.78, 5) is 31.7.